The van der Waals surface area contributed by atoms with Crippen LogP contribution in [0.3, 0.4) is 0 Å². The van der Waals surface area contributed by atoms with Crippen molar-refractivity contribution in [3.8, 4) is 0 Å². The smallest absolute Gasteiger partial charge is 0.312 e. The number of rotatable bonds is 11. The predicted molar refractivity (Wildman–Crippen MR) is 111 cm³/mol. The number of nitrogens with one attached hydrogen (secondary N) is 1. The van der Waals surface area contributed by atoms with Crippen LogP contribution in [0.15, 0.2) is 30.3 Å². The van der Waals surface area contributed by atoms with E-state index >= 15 is 0 Å². The molecule has 0 radical (unpaired) electrons. The molecule has 0 spiro atoms. The highest BCUT2D eigenvalue weighted by molar-refractivity contribution is 7.99. The largest absolute Gasteiger partial charge is 0.355 e. The van der Waals surface area contributed by atoms with Gasteiger partial charge in [-0.2, -0.15) is 0 Å². The fraction of sp³-hybridized carbons (Fsp3) is 0.647. The van der Waals surface area contributed by atoms with E-state index < -0.39 is 20.5 Å². The van der Waals surface area contributed by atoms with E-state index in [0.717, 1.165) is 0 Å². The van der Waals surface area contributed by atoms with E-state index in [0.29, 0.717) is 5.56 Å². The van der Waals surface area contributed by atoms with Crippen LogP contribution in [-0.4, -0.2) is 39.3 Å². The summed E-state index contributed by atoms with van der Waals surface area (Å²) < 4.78 is 50.4. The normalized spacial score (nSPS) is 15.5. The maximum atomic E-state index is 13.7. The maximum Gasteiger partial charge on any atom is 0.355 e. The standard InChI is InChI=1S/C17H31NO6P2S/c1-16(2,3)27-18-17(26(20,23-6)24-7,15-11-9-8-10-12-15)13-14-25(19,21-4)22-5/h8-12,18H,13-14H2,1-7H3/t17-/m1/s1. The summed E-state index contributed by atoms with van der Waals surface area (Å²) in [7, 11) is -1.68. The van der Waals surface area contributed by atoms with Crippen LogP contribution < -0.4 is 4.72 Å². The second-order valence-corrected chi connectivity index (χ2v) is 13.4. The van der Waals surface area contributed by atoms with E-state index in [4.69, 9.17) is 18.1 Å². The second kappa shape index (κ2) is 10.0. The summed E-state index contributed by atoms with van der Waals surface area (Å²) in [5.74, 6) is 0. The lowest BCUT2D eigenvalue weighted by Gasteiger charge is -2.40. The molecule has 1 rings (SSSR count). The summed E-state index contributed by atoms with van der Waals surface area (Å²) in [6.45, 7) is 6.08. The molecule has 10 heteroatoms. The van der Waals surface area contributed by atoms with E-state index in [1.165, 1.54) is 40.4 Å². The zero-order valence-corrected chi connectivity index (χ0v) is 19.7. The lowest BCUT2D eigenvalue weighted by Crippen LogP contribution is -2.42. The minimum Gasteiger partial charge on any atom is -0.312 e. The monoisotopic (exact) mass is 439 g/mol. The van der Waals surface area contributed by atoms with Crippen molar-refractivity contribution in [1.29, 1.82) is 0 Å². The molecule has 0 heterocycles. The van der Waals surface area contributed by atoms with Crippen LogP contribution in [0.1, 0.15) is 32.8 Å². The molecular weight excluding hydrogens is 408 g/mol. The zero-order valence-electron chi connectivity index (χ0n) is 17.1. The molecule has 7 nitrogen and oxygen atoms in total. The molecule has 1 N–H and O–H groups in total. The van der Waals surface area contributed by atoms with Gasteiger partial charge in [0.1, 0.15) is 0 Å². The van der Waals surface area contributed by atoms with Gasteiger partial charge in [-0.05, 0) is 32.8 Å². The fourth-order valence-corrected chi connectivity index (χ4v) is 6.70. The van der Waals surface area contributed by atoms with E-state index in [9.17, 15) is 9.13 Å². The average Bonchev–Trinajstić information content (AvgIpc) is 2.67. The molecule has 0 aliphatic carbocycles. The van der Waals surface area contributed by atoms with Crippen molar-refractivity contribution in [2.75, 3.05) is 34.6 Å². The molecule has 1 aromatic carbocycles. The Bertz CT molecular complexity index is 666. The summed E-state index contributed by atoms with van der Waals surface area (Å²) in [6.07, 6.45) is 0.182. The van der Waals surface area contributed by atoms with Gasteiger partial charge in [-0.3, -0.25) is 9.13 Å². The first-order chi connectivity index (χ1) is 12.5. The highest BCUT2D eigenvalue weighted by Gasteiger charge is 2.53. The molecule has 27 heavy (non-hydrogen) atoms. The third-order valence-electron chi connectivity index (χ3n) is 4.03. The topological polar surface area (TPSA) is 83.1 Å². The van der Waals surface area contributed by atoms with Crippen molar-refractivity contribution in [3.05, 3.63) is 35.9 Å². The molecule has 0 fully saturated rings. The van der Waals surface area contributed by atoms with Gasteiger partial charge in [0.25, 0.3) is 0 Å². The first-order valence-corrected chi connectivity index (χ1v) is 12.5. The Morgan fingerprint density at radius 3 is 1.85 bits per heavy atom. The molecule has 0 aliphatic heterocycles. The van der Waals surface area contributed by atoms with Crippen molar-refractivity contribution in [1.82, 2.24) is 4.72 Å². The average molecular weight is 439 g/mol. The second-order valence-electron chi connectivity index (χ2n) is 6.86. The Labute approximate surface area is 167 Å². The molecule has 1 aromatic rings. The van der Waals surface area contributed by atoms with Gasteiger partial charge in [-0.1, -0.05) is 42.3 Å². The van der Waals surface area contributed by atoms with Crippen molar-refractivity contribution >= 4 is 27.1 Å². The molecule has 156 valence electrons. The van der Waals surface area contributed by atoms with E-state index in [2.05, 4.69) is 4.72 Å². The number of benzene rings is 1. The molecule has 0 saturated carbocycles. The van der Waals surface area contributed by atoms with Crippen LogP contribution >= 0.6 is 27.1 Å². The Morgan fingerprint density at radius 2 is 1.44 bits per heavy atom. The summed E-state index contributed by atoms with van der Waals surface area (Å²) in [5.41, 5.74) is 0.701. The van der Waals surface area contributed by atoms with E-state index in [1.54, 1.807) is 0 Å². The molecule has 0 aliphatic rings. The maximum absolute atomic E-state index is 13.7. The molecule has 1 atom stereocenters. The summed E-state index contributed by atoms with van der Waals surface area (Å²) in [5, 5.41) is -1.25. The van der Waals surface area contributed by atoms with Crippen LogP contribution in [0.4, 0.5) is 0 Å². The van der Waals surface area contributed by atoms with Gasteiger partial charge in [0.05, 0.1) is 6.16 Å². The first kappa shape index (κ1) is 24.9. The molecule has 0 saturated heterocycles. The molecule has 0 bridgehead atoms. The summed E-state index contributed by atoms with van der Waals surface area (Å²) >= 11 is 1.41. The van der Waals surface area contributed by atoms with Gasteiger partial charge in [-0.15, -0.1) is 0 Å². The summed E-state index contributed by atoms with van der Waals surface area (Å²) in [4.78, 5) is 0. The quantitative estimate of drug-likeness (QED) is 0.370. The van der Waals surface area contributed by atoms with Gasteiger partial charge in [0.15, 0.2) is 5.28 Å². The van der Waals surface area contributed by atoms with Gasteiger partial charge < -0.3 is 18.1 Å². The van der Waals surface area contributed by atoms with Crippen molar-refractivity contribution in [3.63, 3.8) is 0 Å². The fourth-order valence-electron chi connectivity index (χ4n) is 2.50. The van der Waals surface area contributed by atoms with Crippen molar-refractivity contribution < 1.29 is 27.2 Å². The Balaban J connectivity index is 3.52. The number of hydrogen-bond acceptors (Lipinski definition) is 8. The van der Waals surface area contributed by atoms with Gasteiger partial charge in [-0.25, -0.2) is 4.72 Å². The third kappa shape index (κ3) is 6.15. The predicted octanol–water partition coefficient (Wildman–Crippen LogP) is 5.24. The first-order valence-electron chi connectivity index (χ1n) is 8.44. The minimum atomic E-state index is -3.70. The van der Waals surface area contributed by atoms with Crippen molar-refractivity contribution in [2.45, 2.75) is 37.2 Å². The molecular formula is C17H31NO6P2S. The lowest BCUT2D eigenvalue weighted by atomic mass is 10.0. The zero-order chi connectivity index (χ0) is 20.8. The minimum absolute atomic E-state index is 0.0311. The van der Waals surface area contributed by atoms with Crippen molar-refractivity contribution in [2.24, 2.45) is 0 Å². The lowest BCUT2D eigenvalue weighted by molar-refractivity contribution is 0.234. The highest BCUT2D eigenvalue weighted by Crippen LogP contribution is 2.66. The Kier molecular flexibility index (Phi) is 9.25. The van der Waals surface area contributed by atoms with Crippen LogP contribution in [0, 0.1) is 0 Å². The van der Waals surface area contributed by atoms with Gasteiger partial charge in [0.2, 0.25) is 0 Å². The Morgan fingerprint density at radius 1 is 0.926 bits per heavy atom. The van der Waals surface area contributed by atoms with Crippen LogP contribution in [-0.2, 0) is 32.5 Å². The number of hydrogen-bond donors (Lipinski definition) is 1. The highest BCUT2D eigenvalue weighted by atomic mass is 32.2. The molecule has 0 aromatic heterocycles. The van der Waals surface area contributed by atoms with E-state index in [1.807, 2.05) is 51.1 Å². The van der Waals surface area contributed by atoms with E-state index in [-0.39, 0.29) is 17.3 Å². The summed E-state index contributed by atoms with van der Waals surface area (Å²) in [6, 6.07) is 9.23. The Hall–Kier alpha value is -0.170. The van der Waals surface area contributed by atoms with Crippen LogP contribution in [0.25, 0.3) is 0 Å². The van der Waals surface area contributed by atoms with Crippen LogP contribution in [0.2, 0.25) is 0 Å². The third-order valence-corrected chi connectivity index (χ3v) is 9.62. The molecule has 0 amide bonds. The van der Waals surface area contributed by atoms with Crippen LogP contribution in [0.5, 0.6) is 0 Å². The van der Waals surface area contributed by atoms with Gasteiger partial charge >= 0.3 is 15.2 Å². The SMILES string of the molecule is COP(=O)(CC[C@](NSC(C)(C)C)(c1ccccc1)P(=O)(OC)OC)OC. The van der Waals surface area contributed by atoms with Gasteiger partial charge in [0, 0.05) is 33.2 Å². The molecule has 0 unspecified atom stereocenters.